The van der Waals surface area contributed by atoms with E-state index in [2.05, 4.69) is 4.98 Å². The second kappa shape index (κ2) is 5.09. The lowest BCUT2D eigenvalue weighted by Gasteiger charge is -2.19. The van der Waals surface area contributed by atoms with Crippen LogP contribution in [0.15, 0.2) is 6.07 Å². The largest absolute Gasteiger partial charge is 0.464 e. The van der Waals surface area contributed by atoms with Gasteiger partial charge in [0.2, 0.25) is 5.88 Å². The van der Waals surface area contributed by atoms with Gasteiger partial charge >= 0.3 is 6.18 Å². The van der Waals surface area contributed by atoms with Gasteiger partial charge < -0.3 is 10.5 Å². The zero-order valence-corrected chi connectivity index (χ0v) is 10.9. The molecule has 2 N–H and O–H groups in total. The Morgan fingerprint density at radius 2 is 2.00 bits per heavy atom. The van der Waals surface area contributed by atoms with Crippen LogP contribution in [0.25, 0.3) is 0 Å². The molecule has 0 spiro atoms. The molecule has 0 saturated carbocycles. The minimum absolute atomic E-state index is 0.0376. The third-order valence-electron chi connectivity index (χ3n) is 2.31. The van der Waals surface area contributed by atoms with Crippen molar-refractivity contribution in [2.45, 2.75) is 33.1 Å². The van der Waals surface area contributed by atoms with Crippen LogP contribution in [0.1, 0.15) is 23.7 Å². The molecular formula is C11H13F3N2OS. The predicted molar refractivity (Wildman–Crippen MR) is 65.7 cm³/mol. The number of alkyl halides is 3. The molecule has 1 unspecified atom stereocenters. The van der Waals surface area contributed by atoms with E-state index >= 15 is 0 Å². The molecule has 1 rings (SSSR count). The van der Waals surface area contributed by atoms with Crippen molar-refractivity contribution >= 4 is 17.2 Å². The number of nitrogens with zero attached hydrogens (tertiary/aromatic N) is 1. The molecule has 1 aromatic heterocycles. The van der Waals surface area contributed by atoms with Gasteiger partial charge in [0.1, 0.15) is 4.99 Å². The van der Waals surface area contributed by atoms with E-state index in [4.69, 9.17) is 22.7 Å². The Labute approximate surface area is 108 Å². The molecule has 0 aromatic carbocycles. The fourth-order valence-corrected chi connectivity index (χ4v) is 1.67. The molecule has 1 aromatic rings. The summed E-state index contributed by atoms with van der Waals surface area (Å²) in [6, 6.07) is 1.68. The summed E-state index contributed by atoms with van der Waals surface area (Å²) in [5, 5.41) is 0. The maximum atomic E-state index is 12.5. The Morgan fingerprint density at radius 3 is 2.44 bits per heavy atom. The first-order chi connectivity index (χ1) is 8.12. The average molecular weight is 278 g/mol. The first-order valence-electron chi connectivity index (χ1n) is 5.14. The van der Waals surface area contributed by atoms with E-state index in [1.54, 1.807) is 19.9 Å². The van der Waals surface area contributed by atoms with Crippen LogP contribution in [0.4, 0.5) is 13.2 Å². The van der Waals surface area contributed by atoms with Gasteiger partial charge in [-0.2, -0.15) is 13.2 Å². The quantitative estimate of drug-likeness (QED) is 0.864. The van der Waals surface area contributed by atoms with Gasteiger partial charge in [0, 0.05) is 5.69 Å². The molecule has 100 valence electrons. The Balaban J connectivity index is 3.19. The highest BCUT2D eigenvalue weighted by Gasteiger charge is 2.38. The second-order valence-electron chi connectivity index (χ2n) is 3.93. The normalized spacial score (nSPS) is 13.2. The van der Waals surface area contributed by atoms with Crippen LogP contribution >= 0.6 is 12.2 Å². The minimum atomic E-state index is -4.47. The Kier molecular flexibility index (Phi) is 4.16. The topological polar surface area (TPSA) is 48.1 Å². The van der Waals surface area contributed by atoms with Crippen molar-refractivity contribution in [1.29, 1.82) is 0 Å². The van der Waals surface area contributed by atoms with Crippen molar-refractivity contribution < 1.29 is 17.9 Å². The minimum Gasteiger partial charge on any atom is -0.464 e. The van der Waals surface area contributed by atoms with Crippen LogP contribution < -0.4 is 10.5 Å². The average Bonchev–Trinajstić information content (AvgIpc) is 2.13. The van der Waals surface area contributed by atoms with Crippen LogP contribution in [0.2, 0.25) is 0 Å². The van der Waals surface area contributed by atoms with Gasteiger partial charge in [-0.25, -0.2) is 4.98 Å². The van der Waals surface area contributed by atoms with Crippen LogP contribution in [0.5, 0.6) is 5.88 Å². The molecule has 0 fully saturated rings. The zero-order valence-electron chi connectivity index (χ0n) is 10.1. The van der Waals surface area contributed by atoms with Gasteiger partial charge in [0.05, 0.1) is 5.56 Å². The number of hydrogen-bond donors (Lipinski definition) is 1. The number of aryl methyl sites for hydroxylation is 2. The molecule has 18 heavy (non-hydrogen) atoms. The van der Waals surface area contributed by atoms with Crippen molar-refractivity contribution in [3.8, 4) is 5.88 Å². The van der Waals surface area contributed by atoms with E-state index in [0.29, 0.717) is 11.3 Å². The highest BCUT2D eigenvalue weighted by molar-refractivity contribution is 7.80. The maximum absolute atomic E-state index is 12.5. The summed E-state index contributed by atoms with van der Waals surface area (Å²) in [5.41, 5.74) is 6.90. The standard InChI is InChI=1S/C11H13F3N2OS/c1-5-4-6(2)16-10(8(5)9(15)18)17-7(3)11(12,13)14/h4,7H,1-3H3,(H2,15,18). The highest BCUT2D eigenvalue weighted by atomic mass is 32.1. The van der Waals surface area contributed by atoms with E-state index in [0.717, 1.165) is 6.92 Å². The van der Waals surface area contributed by atoms with Crippen molar-refractivity contribution in [2.24, 2.45) is 5.73 Å². The molecular weight excluding hydrogens is 265 g/mol. The number of nitrogens with two attached hydrogens (primary N) is 1. The third-order valence-corrected chi connectivity index (χ3v) is 2.51. The zero-order chi connectivity index (χ0) is 14.1. The fourth-order valence-electron chi connectivity index (χ4n) is 1.42. The van der Waals surface area contributed by atoms with Crippen molar-refractivity contribution in [1.82, 2.24) is 4.98 Å². The number of aromatic nitrogens is 1. The molecule has 3 nitrogen and oxygen atoms in total. The van der Waals surface area contributed by atoms with Gasteiger partial charge in [0.15, 0.2) is 6.10 Å². The van der Waals surface area contributed by atoms with E-state index in [1.807, 2.05) is 0 Å². The van der Waals surface area contributed by atoms with Crippen molar-refractivity contribution in [3.63, 3.8) is 0 Å². The number of rotatable bonds is 3. The van der Waals surface area contributed by atoms with Gasteiger partial charge in [-0.15, -0.1) is 0 Å². The van der Waals surface area contributed by atoms with Crippen LogP contribution in [0, 0.1) is 13.8 Å². The SMILES string of the molecule is Cc1cc(C)c(C(N)=S)c(OC(C)C(F)(F)F)n1. The molecule has 0 bridgehead atoms. The molecule has 0 aliphatic carbocycles. The van der Waals surface area contributed by atoms with E-state index in [1.165, 1.54) is 0 Å². The monoisotopic (exact) mass is 278 g/mol. The molecule has 1 atom stereocenters. The summed E-state index contributed by atoms with van der Waals surface area (Å²) >= 11 is 4.80. The molecule has 0 saturated heterocycles. The van der Waals surface area contributed by atoms with Gasteiger partial charge in [-0.3, -0.25) is 0 Å². The number of hydrogen-bond acceptors (Lipinski definition) is 3. The summed E-state index contributed by atoms with van der Waals surface area (Å²) in [4.78, 5) is 3.88. The summed E-state index contributed by atoms with van der Waals surface area (Å²) in [7, 11) is 0. The molecule has 1 heterocycles. The highest BCUT2D eigenvalue weighted by Crippen LogP contribution is 2.27. The van der Waals surface area contributed by atoms with Gasteiger partial charge in [-0.1, -0.05) is 12.2 Å². The number of pyridine rings is 1. The Hall–Kier alpha value is -1.37. The summed E-state index contributed by atoms with van der Waals surface area (Å²) in [6.45, 7) is 4.25. The number of ether oxygens (including phenoxy) is 1. The lowest BCUT2D eigenvalue weighted by Crippen LogP contribution is -2.32. The van der Waals surface area contributed by atoms with Crippen LogP contribution in [0.3, 0.4) is 0 Å². The summed E-state index contributed by atoms with van der Waals surface area (Å²) in [5.74, 6) is -0.176. The smallest absolute Gasteiger partial charge is 0.425 e. The molecule has 0 amide bonds. The van der Waals surface area contributed by atoms with Gasteiger partial charge in [0.25, 0.3) is 0 Å². The maximum Gasteiger partial charge on any atom is 0.425 e. The van der Waals surface area contributed by atoms with Crippen LogP contribution in [-0.4, -0.2) is 22.3 Å². The molecule has 0 radical (unpaired) electrons. The van der Waals surface area contributed by atoms with Crippen molar-refractivity contribution in [3.05, 3.63) is 22.9 Å². The van der Waals surface area contributed by atoms with E-state index in [-0.39, 0.29) is 16.4 Å². The molecule has 7 heteroatoms. The number of thiocarbonyl (C=S) groups is 1. The van der Waals surface area contributed by atoms with Crippen molar-refractivity contribution in [2.75, 3.05) is 0 Å². The van der Waals surface area contributed by atoms with E-state index in [9.17, 15) is 13.2 Å². The molecule has 0 aliphatic heterocycles. The first kappa shape index (κ1) is 14.7. The fraction of sp³-hybridized carbons (Fsp3) is 0.455. The Bertz CT molecular complexity index is 474. The number of halogens is 3. The van der Waals surface area contributed by atoms with E-state index < -0.39 is 12.3 Å². The van der Waals surface area contributed by atoms with Crippen LogP contribution in [-0.2, 0) is 0 Å². The predicted octanol–water partition coefficient (Wildman–Crippen LogP) is 2.66. The summed E-state index contributed by atoms with van der Waals surface area (Å²) in [6.07, 6.45) is -6.44. The summed E-state index contributed by atoms with van der Waals surface area (Å²) < 4.78 is 42.2. The lowest BCUT2D eigenvalue weighted by molar-refractivity contribution is -0.190. The Morgan fingerprint density at radius 1 is 1.44 bits per heavy atom. The first-order valence-corrected chi connectivity index (χ1v) is 5.55. The third kappa shape index (κ3) is 3.32. The second-order valence-corrected chi connectivity index (χ2v) is 4.37. The van der Waals surface area contributed by atoms with Gasteiger partial charge in [-0.05, 0) is 32.4 Å². The molecule has 0 aliphatic rings. The lowest BCUT2D eigenvalue weighted by atomic mass is 10.1.